The second kappa shape index (κ2) is 3.67. The molecule has 0 radical (unpaired) electrons. The Balaban J connectivity index is 2.96. The third-order valence-electron chi connectivity index (χ3n) is 0.771. The van der Waals surface area contributed by atoms with Crippen LogP contribution < -0.4 is 0 Å². The van der Waals surface area contributed by atoms with E-state index >= 15 is 0 Å². The van der Waals surface area contributed by atoms with Crippen LogP contribution in [-0.2, 0) is 19.6 Å². The first-order chi connectivity index (χ1) is 2.81. The molecule has 1 unspecified atom stereocenters. The second-order valence-corrected chi connectivity index (χ2v) is 1.88. The summed E-state index contributed by atoms with van der Waals surface area (Å²) in [6, 6.07) is 0.565. The molecule has 36 valence electrons. The van der Waals surface area contributed by atoms with Crippen LogP contribution in [0.2, 0.25) is 0 Å². The molecule has 0 aliphatic rings. The van der Waals surface area contributed by atoms with E-state index in [4.69, 9.17) is 0 Å². The first-order valence-corrected chi connectivity index (χ1v) is 3.03. The molecule has 0 saturated heterocycles. The fourth-order valence-corrected chi connectivity index (χ4v) is 0.441. The molecule has 0 aromatic rings. The predicted octanol–water partition coefficient (Wildman–Crippen LogP) is 1.52. The van der Waals surface area contributed by atoms with Crippen LogP contribution in [0.4, 0.5) is 0 Å². The third kappa shape index (κ3) is 2.71. The van der Waals surface area contributed by atoms with Crippen molar-refractivity contribution >= 4 is 0 Å². The summed E-state index contributed by atoms with van der Waals surface area (Å²) in [6.07, 6.45) is 1.17. The van der Waals surface area contributed by atoms with Gasteiger partial charge in [0.25, 0.3) is 0 Å². The standard InChI is InChI=1S/C4H9N.Mo/c1-3-4(2)5;/h4H,3H2,1-2H3;. The van der Waals surface area contributed by atoms with Crippen LogP contribution in [0.5, 0.6) is 0 Å². The number of hydrogen-bond donors (Lipinski definition) is 0. The van der Waals surface area contributed by atoms with Gasteiger partial charge in [0.05, 0.1) is 0 Å². The van der Waals surface area contributed by atoms with Gasteiger partial charge in [0.2, 0.25) is 0 Å². The Hall–Kier alpha value is 0.488. The number of hydrogen-bond acceptors (Lipinski definition) is 1. The van der Waals surface area contributed by atoms with E-state index in [1.54, 1.807) is 19.6 Å². The Morgan fingerprint density at radius 2 is 2.33 bits per heavy atom. The fraction of sp³-hybridized carbons (Fsp3) is 1.00. The molecule has 0 fully saturated rings. The van der Waals surface area contributed by atoms with E-state index in [-0.39, 0.29) is 0 Å². The molecule has 1 atom stereocenters. The summed E-state index contributed by atoms with van der Waals surface area (Å²) in [4.78, 5) is 0. The van der Waals surface area contributed by atoms with Crippen LogP contribution in [-0.4, -0.2) is 6.04 Å². The SMILES string of the molecule is CCC(C)[N]=[Mo]. The normalized spacial score (nSPS) is 13.7. The minimum atomic E-state index is 0.565. The van der Waals surface area contributed by atoms with Crippen LogP contribution in [0, 0.1) is 0 Å². The molecule has 0 heterocycles. The van der Waals surface area contributed by atoms with Gasteiger partial charge in [-0.15, -0.1) is 0 Å². The Labute approximate surface area is 49.9 Å². The van der Waals surface area contributed by atoms with Crippen LogP contribution in [0.15, 0.2) is 3.50 Å². The molecular formula is C4H9MoN. The van der Waals surface area contributed by atoms with E-state index in [2.05, 4.69) is 17.3 Å². The summed E-state index contributed by atoms with van der Waals surface area (Å²) < 4.78 is 4.02. The van der Waals surface area contributed by atoms with Gasteiger partial charge in [0.1, 0.15) is 0 Å². The summed E-state index contributed by atoms with van der Waals surface area (Å²) >= 11 is 1.79. The Morgan fingerprint density at radius 3 is 2.33 bits per heavy atom. The fourth-order valence-electron chi connectivity index (χ4n) is 0.0745. The summed E-state index contributed by atoms with van der Waals surface area (Å²) in [7, 11) is 0. The quantitative estimate of drug-likeness (QED) is 0.553. The van der Waals surface area contributed by atoms with Gasteiger partial charge in [0.15, 0.2) is 0 Å². The number of nitrogens with zero attached hydrogens (tertiary/aromatic N) is 1. The number of rotatable bonds is 2. The topological polar surface area (TPSA) is 12.4 Å². The molecule has 0 rings (SSSR count). The summed E-state index contributed by atoms with van der Waals surface area (Å²) in [5.41, 5.74) is 0. The monoisotopic (exact) mass is 169 g/mol. The Kier molecular flexibility index (Phi) is 3.97. The van der Waals surface area contributed by atoms with Crippen LogP contribution in [0.3, 0.4) is 0 Å². The molecule has 0 aromatic heterocycles. The van der Waals surface area contributed by atoms with Crippen molar-refractivity contribution < 1.29 is 19.6 Å². The van der Waals surface area contributed by atoms with E-state index in [1.165, 1.54) is 6.42 Å². The molecular weight excluding hydrogens is 158 g/mol. The zero-order chi connectivity index (χ0) is 4.99. The van der Waals surface area contributed by atoms with Crippen molar-refractivity contribution in [1.82, 2.24) is 0 Å². The first-order valence-electron chi connectivity index (χ1n) is 2.13. The van der Waals surface area contributed by atoms with Gasteiger partial charge in [-0.25, -0.2) is 0 Å². The van der Waals surface area contributed by atoms with Gasteiger partial charge in [-0.3, -0.25) is 0 Å². The molecule has 0 aliphatic carbocycles. The molecule has 0 aromatic carbocycles. The Bertz CT molecular complexity index is 44.8. The zero-order valence-corrected chi connectivity index (χ0v) is 6.15. The van der Waals surface area contributed by atoms with Gasteiger partial charge in [-0.2, -0.15) is 0 Å². The molecule has 0 bridgehead atoms. The summed E-state index contributed by atoms with van der Waals surface area (Å²) in [5.74, 6) is 0. The molecule has 0 aliphatic heterocycles. The Morgan fingerprint density at radius 1 is 1.83 bits per heavy atom. The average Bonchev–Trinajstić information content (AvgIpc) is 1.65. The maximum atomic E-state index is 4.02. The molecule has 0 saturated carbocycles. The molecule has 1 nitrogen and oxygen atoms in total. The van der Waals surface area contributed by atoms with Gasteiger partial charge in [0, 0.05) is 0 Å². The maximum absolute atomic E-state index is 4.02. The van der Waals surface area contributed by atoms with Crippen molar-refractivity contribution in [3.05, 3.63) is 0 Å². The molecule has 2 heteroatoms. The average molecular weight is 167 g/mol. The molecule has 0 spiro atoms. The van der Waals surface area contributed by atoms with Crippen molar-refractivity contribution in [3.63, 3.8) is 0 Å². The summed E-state index contributed by atoms with van der Waals surface area (Å²) in [5, 5.41) is 0. The van der Waals surface area contributed by atoms with Crippen molar-refractivity contribution in [2.24, 2.45) is 3.50 Å². The third-order valence-corrected chi connectivity index (χ3v) is 1.66. The zero-order valence-electron chi connectivity index (χ0n) is 4.14. The molecule has 0 N–H and O–H groups in total. The van der Waals surface area contributed by atoms with Gasteiger partial charge in [-0.05, 0) is 0 Å². The van der Waals surface area contributed by atoms with E-state index in [1.807, 2.05) is 0 Å². The minimum absolute atomic E-state index is 0.565. The van der Waals surface area contributed by atoms with Gasteiger partial charge in [-0.1, -0.05) is 0 Å². The van der Waals surface area contributed by atoms with Crippen LogP contribution in [0.1, 0.15) is 20.3 Å². The van der Waals surface area contributed by atoms with E-state index in [9.17, 15) is 0 Å². The second-order valence-electron chi connectivity index (χ2n) is 1.36. The van der Waals surface area contributed by atoms with E-state index in [0.29, 0.717) is 6.04 Å². The van der Waals surface area contributed by atoms with Gasteiger partial charge >= 0.3 is 49.4 Å². The first kappa shape index (κ1) is 6.49. The van der Waals surface area contributed by atoms with Crippen LogP contribution in [0.25, 0.3) is 0 Å². The van der Waals surface area contributed by atoms with Crippen molar-refractivity contribution in [2.75, 3.05) is 0 Å². The molecule has 0 amide bonds. The van der Waals surface area contributed by atoms with Gasteiger partial charge < -0.3 is 0 Å². The van der Waals surface area contributed by atoms with Crippen molar-refractivity contribution in [3.8, 4) is 0 Å². The summed E-state index contributed by atoms with van der Waals surface area (Å²) in [6.45, 7) is 4.25. The van der Waals surface area contributed by atoms with Crippen molar-refractivity contribution in [2.45, 2.75) is 26.3 Å². The van der Waals surface area contributed by atoms with Crippen molar-refractivity contribution in [1.29, 1.82) is 0 Å². The predicted molar refractivity (Wildman–Crippen MR) is 22.2 cm³/mol. The van der Waals surface area contributed by atoms with Crippen LogP contribution >= 0.6 is 0 Å². The van der Waals surface area contributed by atoms with E-state index in [0.717, 1.165) is 0 Å². The molecule has 6 heavy (non-hydrogen) atoms. The van der Waals surface area contributed by atoms with E-state index < -0.39 is 0 Å².